The zero-order valence-corrected chi connectivity index (χ0v) is 14.2. The average molecular weight is 352 g/mol. The third-order valence-electron chi connectivity index (χ3n) is 3.32. The summed E-state index contributed by atoms with van der Waals surface area (Å²) in [6.07, 6.45) is 1.52. The maximum atomic E-state index is 11.2. The maximum Gasteiger partial charge on any atom is 0.308 e. The first-order valence-electron chi connectivity index (χ1n) is 7.77. The fraction of sp³-hybridized carbons (Fsp3) is 0.111. The molecule has 2 aromatic carbocycles. The summed E-state index contributed by atoms with van der Waals surface area (Å²) in [5.41, 5.74) is 4.40. The summed E-state index contributed by atoms with van der Waals surface area (Å²) in [5, 5.41) is 9.91. The second-order valence-corrected chi connectivity index (χ2v) is 5.30. The minimum atomic E-state index is -0.432. The van der Waals surface area contributed by atoms with E-state index in [0.29, 0.717) is 28.5 Å². The second kappa shape index (κ2) is 7.47. The largest absolute Gasteiger partial charge is 0.426 e. The molecule has 0 spiro atoms. The SMILES string of the molecule is CC(=O)Oc1ccccc1C1=NNN(c2ccccc2OC(C)=O)N=C1. The fourth-order valence-corrected chi connectivity index (χ4v) is 2.31. The zero-order chi connectivity index (χ0) is 18.5. The van der Waals surface area contributed by atoms with E-state index in [1.165, 1.54) is 25.2 Å². The van der Waals surface area contributed by atoms with Gasteiger partial charge in [0.15, 0.2) is 5.75 Å². The molecule has 0 saturated carbocycles. The van der Waals surface area contributed by atoms with E-state index in [-0.39, 0.29) is 0 Å². The molecule has 3 rings (SSSR count). The van der Waals surface area contributed by atoms with Gasteiger partial charge in [0.1, 0.15) is 17.1 Å². The van der Waals surface area contributed by atoms with Crippen molar-refractivity contribution in [3.8, 4) is 11.5 Å². The first-order valence-corrected chi connectivity index (χ1v) is 7.77. The smallest absolute Gasteiger partial charge is 0.308 e. The van der Waals surface area contributed by atoms with Crippen molar-refractivity contribution < 1.29 is 19.1 Å². The Bertz CT molecular complexity index is 908. The second-order valence-electron chi connectivity index (χ2n) is 5.30. The Kier molecular flexibility index (Phi) is 4.93. The number of esters is 2. The van der Waals surface area contributed by atoms with Gasteiger partial charge in [-0.1, -0.05) is 24.3 Å². The van der Waals surface area contributed by atoms with E-state index in [4.69, 9.17) is 9.47 Å². The van der Waals surface area contributed by atoms with Crippen LogP contribution in [-0.4, -0.2) is 23.9 Å². The van der Waals surface area contributed by atoms with E-state index >= 15 is 0 Å². The molecular weight excluding hydrogens is 336 g/mol. The molecule has 0 aromatic heterocycles. The lowest BCUT2D eigenvalue weighted by Gasteiger charge is -2.23. The molecule has 1 aliphatic heterocycles. The van der Waals surface area contributed by atoms with Crippen LogP contribution in [0.4, 0.5) is 5.69 Å². The van der Waals surface area contributed by atoms with Gasteiger partial charge >= 0.3 is 11.9 Å². The minimum Gasteiger partial charge on any atom is -0.426 e. The highest BCUT2D eigenvalue weighted by Gasteiger charge is 2.18. The predicted octanol–water partition coefficient (Wildman–Crippen LogP) is 2.25. The summed E-state index contributed by atoms with van der Waals surface area (Å²) in [4.78, 5) is 22.5. The minimum absolute atomic E-state index is 0.351. The Hall–Kier alpha value is -3.68. The van der Waals surface area contributed by atoms with Crippen LogP contribution in [-0.2, 0) is 9.59 Å². The highest BCUT2D eigenvalue weighted by molar-refractivity contribution is 6.39. The van der Waals surface area contributed by atoms with Gasteiger partial charge in [-0.05, 0) is 24.3 Å². The molecule has 0 unspecified atom stereocenters. The van der Waals surface area contributed by atoms with E-state index in [9.17, 15) is 9.59 Å². The molecule has 1 N–H and O–H groups in total. The molecule has 0 atom stereocenters. The van der Waals surface area contributed by atoms with Crippen LogP contribution in [0.15, 0.2) is 58.7 Å². The molecule has 8 nitrogen and oxygen atoms in total. The van der Waals surface area contributed by atoms with Crippen molar-refractivity contribution in [1.82, 2.24) is 5.53 Å². The Morgan fingerprint density at radius 1 is 0.923 bits per heavy atom. The van der Waals surface area contributed by atoms with Crippen molar-refractivity contribution in [2.24, 2.45) is 10.2 Å². The maximum absolute atomic E-state index is 11.2. The van der Waals surface area contributed by atoms with Gasteiger partial charge < -0.3 is 9.47 Å². The summed E-state index contributed by atoms with van der Waals surface area (Å²) in [6, 6.07) is 13.9. The van der Waals surface area contributed by atoms with Gasteiger partial charge in [0.25, 0.3) is 0 Å². The molecule has 0 aliphatic carbocycles. The number of anilines is 1. The number of nitrogens with zero attached hydrogens (tertiary/aromatic N) is 3. The van der Waals surface area contributed by atoms with Crippen molar-refractivity contribution >= 4 is 29.6 Å². The van der Waals surface area contributed by atoms with Gasteiger partial charge in [0.05, 0.1) is 6.21 Å². The molecule has 1 heterocycles. The molecule has 26 heavy (non-hydrogen) atoms. The third-order valence-corrected chi connectivity index (χ3v) is 3.32. The van der Waals surface area contributed by atoms with Gasteiger partial charge in [-0.3, -0.25) is 9.59 Å². The molecule has 0 saturated heterocycles. The Balaban J connectivity index is 1.84. The zero-order valence-electron chi connectivity index (χ0n) is 14.2. The van der Waals surface area contributed by atoms with Crippen molar-refractivity contribution in [3.63, 3.8) is 0 Å². The predicted molar refractivity (Wildman–Crippen MR) is 96.1 cm³/mol. The van der Waals surface area contributed by atoms with E-state index in [1.807, 2.05) is 0 Å². The standard InChI is InChI=1S/C18H16N4O4/c1-12(23)25-17-9-5-3-7-14(17)15-11-19-22(21-20-15)16-8-4-6-10-18(16)26-13(2)24/h3-11,21H,1-2H3. The molecule has 132 valence electrons. The summed E-state index contributed by atoms with van der Waals surface area (Å²) in [6.45, 7) is 2.66. The summed E-state index contributed by atoms with van der Waals surface area (Å²) >= 11 is 0. The van der Waals surface area contributed by atoms with Crippen LogP contribution in [0.2, 0.25) is 0 Å². The number of ether oxygens (including phenoxy) is 2. The summed E-state index contributed by atoms with van der Waals surface area (Å²) in [5.74, 6) is -0.113. The van der Waals surface area contributed by atoms with Crippen molar-refractivity contribution in [1.29, 1.82) is 0 Å². The third kappa shape index (κ3) is 3.86. The molecule has 8 heteroatoms. The lowest BCUT2D eigenvalue weighted by Crippen LogP contribution is -2.35. The number of hydrazine groups is 1. The fourth-order valence-electron chi connectivity index (χ4n) is 2.31. The molecular formula is C18H16N4O4. The molecule has 2 aromatic rings. The first-order chi connectivity index (χ1) is 12.5. The molecule has 0 bridgehead atoms. The number of carbonyl (C=O) groups excluding carboxylic acids is 2. The number of para-hydroxylation sites is 3. The Morgan fingerprint density at radius 3 is 2.19 bits per heavy atom. The lowest BCUT2D eigenvalue weighted by molar-refractivity contribution is -0.132. The van der Waals surface area contributed by atoms with Gasteiger partial charge in [-0.15, -0.1) is 0 Å². The van der Waals surface area contributed by atoms with E-state index < -0.39 is 11.9 Å². The van der Waals surface area contributed by atoms with E-state index in [0.717, 1.165) is 0 Å². The topological polar surface area (TPSA) is 92.6 Å². The summed E-state index contributed by atoms with van der Waals surface area (Å²) in [7, 11) is 0. The molecule has 0 radical (unpaired) electrons. The number of benzene rings is 2. The first kappa shape index (κ1) is 17.2. The molecule has 0 amide bonds. The number of nitrogens with one attached hydrogen (secondary N) is 1. The molecule has 1 aliphatic rings. The monoisotopic (exact) mass is 352 g/mol. The van der Waals surface area contributed by atoms with Crippen LogP contribution in [0.5, 0.6) is 11.5 Å². The van der Waals surface area contributed by atoms with Crippen LogP contribution in [0, 0.1) is 0 Å². The quantitative estimate of drug-likeness (QED) is 0.670. The van der Waals surface area contributed by atoms with Crippen LogP contribution in [0.25, 0.3) is 0 Å². The Morgan fingerprint density at radius 2 is 1.54 bits per heavy atom. The van der Waals surface area contributed by atoms with Crippen LogP contribution in [0.1, 0.15) is 19.4 Å². The average Bonchev–Trinajstić information content (AvgIpc) is 2.62. The summed E-state index contributed by atoms with van der Waals surface area (Å²) < 4.78 is 10.4. The number of carbonyl (C=O) groups is 2. The number of rotatable bonds is 4. The lowest BCUT2D eigenvalue weighted by atomic mass is 10.1. The normalized spacial score (nSPS) is 12.8. The van der Waals surface area contributed by atoms with Gasteiger partial charge in [0, 0.05) is 19.4 Å². The molecule has 0 fully saturated rings. The number of hydrogen-bond donors (Lipinski definition) is 1. The van der Waals surface area contributed by atoms with E-state index in [1.54, 1.807) is 48.5 Å². The van der Waals surface area contributed by atoms with Crippen molar-refractivity contribution in [2.45, 2.75) is 13.8 Å². The number of hydrogen-bond acceptors (Lipinski definition) is 8. The van der Waals surface area contributed by atoms with Crippen LogP contribution in [0.3, 0.4) is 0 Å². The van der Waals surface area contributed by atoms with Crippen LogP contribution < -0.4 is 20.1 Å². The highest BCUT2D eigenvalue weighted by atomic mass is 16.5. The van der Waals surface area contributed by atoms with Gasteiger partial charge in [0.2, 0.25) is 0 Å². The highest BCUT2D eigenvalue weighted by Crippen LogP contribution is 2.28. The number of hydrazone groups is 2. The van der Waals surface area contributed by atoms with Crippen LogP contribution >= 0.6 is 0 Å². The van der Waals surface area contributed by atoms with Crippen molar-refractivity contribution in [2.75, 3.05) is 5.12 Å². The van der Waals surface area contributed by atoms with Crippen molar-refractivity contribution in [3.05, 3.63) is 54.1 Å². The Labute approximate surface area is 149 Å². The van der Waals surface area contributed by atoms with E-state index in [2.05, 4.69) is 15.7 Å². The van der Waals surface area contributed by atoms with Gasteiger partial charge in [-0.2, -0.15) is 20.9 Å². The van der Waals surface area contributed by atoms with Gasteiger partial charge in [-0.25, -0.2) is 0 Å².